The predicted molar refractivity (Wildman–Crippen MR) is 78.6 cm³/mol. The third-order valence-electron chi connectivity index (χ3n) is 3.66. The summed E-state index contributed by atoms with van der Waals surface area (Å²) in [6, 6.07) is 14.1. The molecule has 0 spiro atoms. The number of hydrogen-bond acceptors (Lipinski definition) is 1. The molecule has 2 nitrogen and oxygen atoms in total. The van der Waals surface area contributed by atoms with Crippen LogP contribution in [-0.4, -0.2) is 11.3 Å². The first-order chi connectivity index (χ1) is 9.20. The monoisotopic (exact) mass is 249 g/mol. The average molecular weight is 249 g/mol. The maximum absolute atomic E-state index is 11.4. The Morgan fingerprint density at radius 2 is 1.79 bits per heavy atom. The number of carbonyl (C=O) groups is 1. The summed E-state index contributed by atoms with van der Waals surface area (Å²) in [6.07, 6.45) is 0.934. The minimum atomic E-state index is 0.735. The highest BCUT2D eigenvalue weighted by molar-refractivity contribution is 6.04. The number of fused-ring (bicyclic) bond motifs is 1. The van der Waals surface area contributed by atoms with Crippen molar-refractivity contribution in [1.29, 1.82) is 0 Å². The number of H-pyrrole nitrogens is 1. The van der Waals surface area contributed by atoms with Crippen LogP contribution in [0.1, 0.15) is 21.5 Å². The zero-order valence-corrected chi connectivity index (χ0v) is 11.0. The fourth-order valence-corrected chi connectivity index (χ4v) is 2.41. The van der Waals surface area contributed by atoms with Gasteiger partial charge in [-0.1, -0.05) is 30.3 Å². The summed E-state index contributed by atoms with van der Waals surface area (Å²) in [7, 11) is 0. The largest absolute Gasteiger partial charge is 0.354 e. The number of aromatic nitrogens is 1. The van der Waals surface area contributed by atoms with Crippen LogP contribution in [0.2, 0.25) is 0 Å². The number of aryl methyl sites for hydroxylation is 2. The van der Waals surface area contributed by atoms with Gasteiger partial charge >= 0.3 is 0 Å². The van der Waals surface area contributed by atoms with Crippen LogP contribution in [0.25, 0.3) is 22.2 Å². The van der Waals surface area contributed by atoms with Gasteiger partial charge in [-0.25, -0.2) is 0 Å². The van der Waals surface area contributed by atoms with E-state index in [0.29, 0.717) is 0 Å². The molecule has 0 aliphatic carbocycles. The minimum absolute atomic E-state index is 0.735. The fraction of sp³-hybridized carbons (Fsp3) is 0.118. The molecule has 2 heteroatoms. The van der Waals surface area contributed by atoms with E-state index in [4.69, 9.17) is 0 Å². The highest BCUT2D eigenvalue weighted by atomic mass is 16.1. The first-order valence-electron chi connectivity index (χ1n) is 6.34. The Morgan fingerprint density at radius 3 is 2.53 bits per heavy atom. The van der Waals surface area contributed by atoms with E-state index in [-0.39, 0.29) is 0 Å². The quantitative estimate of drug-likeness (QED) is 0.676. The van der Waals surface area contributed by atoms with Gasteiger partial charge in [0.05, 0.1) is 5.69 Å². The maximum atomic E-state index is 11.4. The Kier molecular flexibility index (Phi) is 2.71. The molecule has 1 N–H and O–H groups in total. The summed E-state index contributed by atoms with van der Waals surface area (Å²) in [5.41, 5.74) is 6.18. The lowest BCUT2D eigenvalue weighted by molar-refractivity contribution is 0.112. The van der Waals surface area contributed by atoms with Crippen LogP contribution < -0.4 is 0 Å². The van der Waals surface area contributed by atoms with E-state index >= 15 is 0 Å². The highest BCUT2D eigenvalue weighted by Gasteiger charge is 2.12. The van der Waals surface area contributed by atoms with E-state index in [1.807, 2.05) is 24.3 Å². The van der Waals surface area contributed by atoms with E-state index in [1.54, 1.807) is 0 Å². The molecule has 0 amide bonds. The minimum Gasteiger partial charge on any atom is -0.354 e. The second-order valence-corrected chi connectivity index (χ2v) is 4.88. The van der Waals surface area contributed by atoms with Gasteiger partial charge in [0.1, 0.15) is 0 Å². The Bertz CT molecular complexity index is 768. The van der Waals surface area contributed by atoms with Crippen LogP contribution in [0.4, 0.5) is 0 Å². The van der Waals surface area contributed by atoms with Crippen molar-refractivity contribution < 1.29 is 4.79 Å². The van der Waals surface area contributed by atoms with Gasteiger partial charge in [0, 0.05) is 16.5 Å². The van der Waals surface area contributed by atoms with Crippen LogP contribution in [-0.2, 0) is 0 Å². The first kappa shape index (κ1) is 11.7. The Balaban J connectivity index is 2.29. The molecule has 94 valence electrons. The van der Waals surface area contributed by atoms with Gasteiger partial charge in [-0.05, 0) is 42.7 Å². The fourth-order valence-electron chi connectivity index (χ4n) is 2.41. The number of carbonyl (C=O) groups excluding carboxylic acids is 1. The highest BCUT2D eigenvalue weighted by Crippen LogP contribution is 2.29. The lowest BCUT2D eigenvalue weighted by Crippen LogP contribution is -1.87. The van der Waals surface area contributed by atoms with Crippen LogP contribution in [0.5, 0.6) is 0 Å². The van der Waals surface area contributed by atoms with Gasteiger partial charge in [-0.2, -0.15) is 0 Å². The molecule has 0 fully saturated rings. The molecule has 0 atom stereocenters. The van der Waals surface area contributed by atoms with E-state index in [1.165, 1.54) is 11.1 Å². The summed E-state index contributed by atoms with van der Waals surface area (Å²) in [4.78, 5) is 14.8. The molecule has 0 aliphatic rings. The van der Waals surface area contributed by atoms with Crippen molar-refractivity contribution in [2.75, 3.05) is 0 Å². The van der Waals surface area contributed by atoms with Gasteiger partial charge < -0.3 is 4.98 Å². The Labute approximate surface area is 112 Å². The van der Waals surface area contributed by atoms with Crippen molar-refractivity contribution in [2.24, 2.45) is 0 Å². The van der Waals surface area contributed by atoms with Gasteiger partial charge in [0.25, 0.3) is 0 Å². The molecule has 3 aromatic rings. The van der Waals surface area contributed by atoms with Crippen molar-refractivity contribution in [3.8, 4) is 11.3 Å². The third kappa shape index (κ3) is 1.85. The van der Waals surface area contributed by atoms with E-state index in [2.05, 4.69) is 37.0 Å². The second kappa shape index (κ2) is 4.39. The SMILES string of the molecule is Cc1ccc(-c2[nH]c3ccccc3c2C=O)cc1C. The van der Waals surface area contributed by atoms with Gasteiger partial charge in [-0.3, -0.25) is 4.79 Å². The molecule has 0 saturated carbocycles. The third-order valence-corrected chi connectivity index (χ3v) is 3.66. The maximum Gasteiger partial charge on any atom is 0.152 e. The lowest BCUT2D eigenvalue weighted by Gasteiger charge is -2.04. The Hall–Kier alpha value is -2.35. The van der Waals surface area contributed by atoms with E-state index < -0.39 is 0 Å². The van der Waals surface area contributed by atoms with E-state index in [0.717, 1.165) is 34.0 Å². The smallest absolute Gasteiger partial charge is 0.152 e. The van der Waals surface area contributed by atoms with Gasteiger partial charge in [-0.15, -0.1) is 0 Å². The molecule has 0 saturated heterocycles. The predicted octanol–water partition coefficient (Wildman–Crippen LogP) is 4.26. The lowest BCUT2D eigenvalue weighted by atomic mass is 10.0. The number of hydrogen-bond donors (Lipinski definition) is 1. The van der Waals surface area contributed by atoms with Crippen molar-refractivity contribution in [1.82, 2.24) is 4.98 Å². The molecule has 0 unspecified atom stereocenters. The zero-order valence-electron chi connectivity index (χ0n) is 11.0. The van der Waals surface area contributed by atoms with Gasteiger partial charge in [0.2, 0.25) is 0 Å². The number of nitrogens with one attached hydrogen (secondary N) is 1. The standard InChI is InChI=1S/C17H15NO/c1-11-7-8-13(9-12(11)2)17-15(10-19)14-5-3-4-6-16(14)18-17/h3-10,18H,1-2H3. The molecular weight excluding hydrogens is 234 g/mol. The summed E-state index contributed by atoms with van der Waals surface area (Å²) < 4.78 is 0. The van der Waals surface area contributed by atoms with Crippen molar-refractivity contribution >= 4 is 17.2 Å². The molecule has 3 rings (SSSR count). The number of rotatable bonds is 2. The summed E-state index contributed by atoms with van der Waals surface area (Å²) >= 11 is 0. The van der Waals surface area contributed by atoms with Gasteiger partial charge in [0.15, 0.2) is 6.29 Å². The number of benzene rings is 2. The summed E-state index contributed by atoms with van der Waals surface area (Å²) in [5, 5.41) is 0.978. The normalized spacial score (nSPS) is 10.8. The van der Waals surface area contributed by atoms with Crippen molar-refractivity contribution in [3.63, 3.8) is 0 Å². The summed E-state index contributed by atoms with van der Waals surface area (Å²) in [6.45, 7) is 4.17. The van der Waals surface area contributed by atoms with Crippen LogP contribution >= 0.6 is 0 Å². The molecule has 0 bridgehead atoms. The Morgan fingerprint density at radius 1 is 1.00 bits per heavy atom. The van der Waals surface area contributed by atoms with Crippen molar-refractivity contribution in [3.05, 3.63) is 59.2 Å². The van der Waals surface area contributed by atoms with Crippen LogP contribution in [0.15, 0.2) is 42.5 Å². The molecule has 19 heavy (non-hydrogen) atoms. The number of aldehydes is 1. The molecule has 0 radical (unpaired) electrons. The molecular formula is C17H15NO. The summed E-state index contributed by atoms with van der Waals surface area (Å²) in [5.74, 6) is 0. The van der Waals surface area contributed by atoms with Crippen molar-refractivity contribution in [2.45, 2.75) is 13.8 Å². The second-order valence-electron chi connectivity index (χ2n) is 4.88. The topological polar surface area (TPSA) is 32.9 Å². The number of para-hydroxylation sites is 1. The average Bonchev–Trinajstić information content (AvgIpc) is 2.80. The first-order valence-corrected chi connectivity index (χ1v) is 6.34. The zero-order chi connectivity index (χ0) is 13.4. The van der Waals surface area contributed by atoms with Crippen LogP contribution in [0, 0.1) is 13.8 Å². The molecule has 1 aromatic heterocycles. The molecule has 0 aliphatic heterocycles. The number of aromatic amines is 1. The molecule has 2 aromatic carbocycles. The van der Waals surface area contributed by atoms with Crippen LogP contribution in [0.3, 0.4) is 0 Å². The van der Waals surface area contributed by atoms with E-state index in [9.17, 15) is 4.79 Å². The molecule has 1 heterocycles.